The summed E-state index contributed by atoms with van der Waals surface area (Å²) in [6, 6.07) is 8.18. The van der Waals surface area contributed by atoms with Crippen LogP contribution in [-0.4, -0.2) is 25.3 Å². The third-order valence-corrected chi connectivity index (χ3v) is 5.07. The van der Waals surface area contributed by atoms with Crippen LogP contribution in [0.3, 0.4) is 0 Å². The predicted molar refractivity (Wildman–Crippen MR) is 111 cm³/mol. The highest BCUT2D eigenvalue weighted by Gasteiger charge is 2.22. The van der Waals surface area contributed by atoms with Crippen molar-refractivity contribution >= 4 is 15.7 Å². The van der Waals surface area contributed by atoms with Gasteiger partial charge in [0.25, 0.3) is 15.6 Å². The van der Waals surface area contributed by atoms with Gasteiger partial charge in [-0.15, -0.1) is 0 Å². The number of ether oxygens (including phenoxy) is 2. The lowest BCUT2D eigenvalue weighted by atomic mass is 10.1. The second kappa shape index (κ2) is 8.56. The maximum absolute atomic E-state index is 14.2. The number of aryl methyl sites for hydroxylation is 1. The molecule has 3 aromatic rings. The summed E-state index contributed by atoms with van der Waals surface area (Å²) in [5.41, 5.74) is -0.366. The van der Waals surface area contributed by atoms with Gasteiger partial charge >= 0.3 is 0 Å². The Bertz CT molecular complexity index is 1320. The molecule has 162 valence electrons. The van der Waals surface area contributed by atoms with Gasteiger partial charge in [0.15, 0.2) is 17.3 Å². The number of halogens is 2. The van der Waals surface area contributed by atoms with Crippen LogP contribution in [0.2, 0.25) is 0 Å². The van der Waals surface area contributed by atoms with Crippen molar-refractivity contribution in [2.45, 2.75) is 0 Å². The van der Waals surface area contributed by atoms with Crippen molar-refractivity contribution in [3.05, 3.63) is 76.4 Å². The second-order valence-corrected chi connectivity index (χ2v) is 7.82. The molecular weight excluding hydrogens is 432 g/mol. The van der Waals surface area contributed by atoms with Crippen molar-refractivity contribution in [2.24, 2.45) is 7.05 Å². The molecule has 0 bridgehead atoms. The predicted octanol–water partition coefficient (Wildman–Crippen LogP) is 3.41. The number of rotatable bonds is 7. The lowest BCUT2D eigenvalue weighted by molar-refractivity contribution is 0.409. The van der Waals surface area contributed by atoms with Gasteiger partial charge in [-0.1, -0.05) is 12.6 Å². The normalized spacial score (nSPS) is 11.1. The maximum Gasteiger partial charge on any atom is 0.270 e. The Kier molecular flexibility index (Phi) is 6.07. The van der Waals surface area contributed by atoms with Crippen molar-refractivity contribution < 1.29 is 26.7 Å². The fourth-order valence-electron chi connectivity index (χ4n) is 2.67. The fourth-order valence-corrected chi connectivity index (χ4v) is 3.23. The fraction of sp³-hybridized carbons (Fsp3) is 0.100. The van der Waals surface area contributed by atoms with E-state index in [1.165, 1.54) is 32.4 Å². The van der Waals surface area contributed by atoms with E-state index in [-0.39, 0.29) is 34.2 Å². The quantitative estimate of drug-likeness (QED) is 0.594. The van der Waals surface area contributed by atoms with E-state index in [1.807, 2.05) is 0 Å². The average Bonchev–Trinajstić information content (AvgIpc) is 2.72. The summed E-state index contributed by atoms with van der Waals surface area (Å²) in [6.45, 7) is 3.25. The first-order valence-electron chi connectivity index (χ1n) is 8.69. The molecule has 3 rings (SSSR count). The van der Waals surface area contributed by atoms with Crippen LogP contribution in [0.4, 0.5) is 14.5 Å². The molecule has 0 saturated carbocycles. The van der Waals surface area contributed by atoms with Gasteiger partial charge in [-0.3, -0.25) is 9.52 Å². The van der Waals surface area contributed by atoms with Crippen LogP contribution in [0.25, 0.3) is 11.3 Å². The van der Waals surface area contributed by atoms with Crippen molar-refractivity contribution in [3.8, 4) is 28.5 Å². The molecule has 0 amide bonds. The van der Waals surface area contributed by atoms with Crippen LogP contribution in [0.5, 0.6) is 17.2 Å². The number of hydrogen-bond donors (Lipinski definition) is 1. The molecule has 0 aliphatic rings. The Labute approximate surface area is 176 Å². The summed E-state index contributed by atoms with van der Waals surface area (Å²) in [7, 11) is -1.25. The van der Waals surface area contributed by atoms with E-state index in [2.05, 4.69) is 16.4 Å². The van der Waals surface area contributed by atoms with Crippen LogP contribution in [-0.2, 0) is 17.1 Å². The first-order chi connectivity index (χ1) is 14.6. The molecule has 2 aromatic carbocycles. The highest BCUT2D eigenvalue weighted by Crippen LogP contribution is 2.42. The summed E-state index contributed by atoms with van der Waals surface area (Å²) < 4.78 is 65.8. The minimum absolute atomic E-state index is 0.00405. The maximum atomic E-state index is 14.2. The van der Waals surface area contributed by atoms with Crippen LogP contribution in [0, 0.1) is 11.6 Å². The van der Waals surface area contributed by atoms with Gasteiger partial charge in [-0.05, 0) is 24.3 Å². The summed E-state index contributed by atoms with van der Waals surface area (Å²) in [5, 5.41) is 4.86. The molecule has 0 radical (unpaired) electrons. The van der Waals surface area contributed by atoms with E-state index in [4.69, 9.17) is 9.47 Å². The summed E-state index contributed by atoms with van der Waals surface area (Å²) in [6.07, 6.45) is 0. The molecule has 1 aromatic heterocycles. The van der Waals surface area contributed by atoms with Crippen molar-refractivity contribution in [1.29, 1.82) is 0 Å². The van der Waals surface area contributed by atoms with Gasteiger partial charge in [-0.25, -0.2) is 21.9 Å². The summed E-state index contributed by atoms with van der Waals surface area (Å²) >= 11 is 0. The van der Waals surface area contributed by atoms with Gasteiger partial charge in [0.2, 0.25) is 0 Å². The minimum atomic E-state index is -3.95. The van der Waals surface area contributed by atoms with Crippen LogP contribution < -0.4 is 19.8 Å². The lowest BCUT2D eigenvalue weighted by Crippen LogP contribution is -2.20. The highest BCUT2D eigenvalue weighted by atomic mass is 32.2. The zero-order chi connectivity index (χ0) is 22.8. The Morgan fingerprint density at radius 2 is 1.87 bits per heavy atom. The summed E-state index contributed by atoms with van der Waals surface area (Å²) in [5.74, 6) is -2.07. The Balaban J connectivity index is 2.29. The van der Waals surface area contributed by atoms with E-state index < -0.39 is 27.2 Å². The summed E-state index contributed by atoms with van der Waals surface area (Å²) in [4.78, 5) is 12.0. The first-order valence-corrected chi connectivity index (χ1v) is 10.2. The van der Waals surface area contributed by atoms with Gasteiger partial charge in [0, 0.05) is 24.6 Å². The average molecular weight is 449 g/mol. The minimum Gasteiger partial charge on any atom is -0.494 e. The van der Waals surface area contributed by atoms with Crippen molar-refractivity contribution in [1.82, 2.24) is 9.78 Å². The Morgan fingerprint density at radius 1 is 1.13 bits per heavy atom. The number of methoxy groups -OCH3 is 1. The van der Waals surface area contributed by atoms with Gasteiger partial charge < -0.3 is 9.47 Å². The number of nitrogens with one attached hydrogen (secondary N) is 1. The van der Waals surface area contributed by atoms with Crippen LogP contribution in [0.15, 0.2) is 59.2 Å². The van der Waals surface area contributed by atoms with E-state index in [0.29, 0.717) is 11.5 Å². The van der Waals surface area contributed by atoms with E-state index >= 15 is 0 Å². The number of sulfonamides is 1. The van der Waals surface area contributed by atoms with Gasteiger partial charge in [-0.2, -0.15) is 5.10 Å². The lowest BCUT2D eigenvalue weighted by Gasteiger charge is -2.18. The van der Waals surface area contributed by atoms with E-state index in [1.54, 1.807) is 0 Å². The number of aromatic nitrogens is 2. The molecule has 0 aliphatic carbocycles. The zero-order valence-electron chi connectivity index (χ0n) is 16.4. The molecule has 11 heteroatoms. The Hall–Kier alpha value is -3.73. The molecule has 0 aliphatic heterocycles. The molecule has 1 N–H and O–H groups in total. The molecule has 0 fully saturated rings. The third kappa shape index (κ3) is 4.72. The Morgan fingerprint density at radius 3 is 2.52 bits per heavy atom. The van der Waals surface area contributed by atoms with Crippen molar-refractivity contribution in [3.63, 3.8) is 0 Å². The molecule has 0 spiro atoms. The van der Waals surface area contributed by atoms with E-state index in [0.717, 1.165) is 22.9 Å². The zero-order valence-corrected chi connectivity index (χ0v) is 17.2. The number of benzene rings is 2. The van der Waals surface area contributed by atoms with Crippen LogP contribution >= 0.6 is 0 Å². The SMILES string of the molecule is C=CS(=O)(=O)Nc1cccc(Oc2ccc(F)cc2F)c1-c1nn(C)c(=O)cc1OC. The van der Waals surface area contributed by atoms with E-state index in [9.17, 15) is 22.0 Å². The van der Waals surface area contributed by atoms with Gasteiger partial charge in [0.05, 0.1) is 18.4 Å². The molecule has 1 heterocycles. The van der Waals surface area contributed by atoms with Gasteiger partial charge in [0.1, 0.15) is 17.3 Å². The molecule has 0 saturated heterocycles. The third-order valence-electron chi connectivity index (χ3n) is 4.13. The molecule has 8 nitrogen and oxygen atoms in total. The first kappa shape index (κ1) is 22.0. The largest absolute Gasteiger partial charge is 0.494 e. The number of hydrogen-bond acceptors (Lipinski definition) is 6. The highest BCUT2D eigenvalue weighted by molar-refractivity contribution is 7.95. The standard InChI is InChI=1S/C20H17F2N3O5S/c1-4-31(27,28)24-14-6-5-7-16(30-15-9-8-12(21)10-13(15)22)19(14)20-17(29-3)11-18(26)25(2)23-20/h4-11,24H,1H2,2-3H3. The second-order valence-electron chi connectivity index (χ2n) is 6.19. The molecule has 0 atom stereocenters. The topological polar surface area (TPSA) is 99.5 Å². The monoisotopic (exact) mass is 449 g/mol. The molecule has 31 heavy (non-hydrogen) atoms. The smallest absolute Gasteiger partial charge is 0.270 e. The number of nitrogens with zero attached hydrogens (tertiary/aromatic N) is 2. The van der Waals surface area contributed by atoms with Crippen LogP contribution in [0.1, 0.15) is 0 Å². The molecule has 0 unspecified atom stereocenters. The van der Waals surface area contributed by atoms with Crippen molar-refractivity contribution in [2.75, 3.05) is 11.8 Å². The molecular formula is C20H17F2N3O5S. The number of anilines is 1.